The maximum Gasteiger partial charge on any atom is 0.339 e. The number of hydrogen-bond acceptors (Lipinski definition) is 6. The molecule has 0 saturated carbocycles. The van der Waals surface area contributed by atoms with Gasteiger partial charge in [0.15, 0.2) is 5.82 Å². The maximum atomic E-state index is 11.7. The van der Waals surface area contributed by atoms with Crippen molar-refractivity contribution in [3.05, 3.63) is 84.4 Å². The summed E-state index contributed by atoms with van der Waals surface area (Å²) < 4.78 is 11.1. The van der Waals surface area contributed by atoms with Gasteiger partial charge in [-0.05, 0) is 60.7 Å². The summed E-state index contributed by atoms with van der Waals surface area (Å²) in [5.74, 6) is 0.945. The molecule has 0 amide bonds. The minimum absolute atomic E-state index is 0.0509. The molecule has 0 aliphatic heterocycles. The Labute approximate surface area is 194 Å². The van der Waals surface area contributed by atoms with Gasteiger partial charge in [0.05, 0.1) is 29.4 Å². The zero-order valence-corrected chi connectivity index (χ0v) is 18.1. The molecule has 0 unspecified atom stereocenters. The molecule has 0 bridgehead atoms. The van der Waals surface area contributed by atoms with E-state index in [0.29, 0.717) is 39.4 Å². The number of carboxylic acids is 1. The van der Waals surface area contributed by atoms with Crippen molar-refractivity contribution in [3.63, 3.8) is 0 Å². The molecule has 5 aromatic rings. The number of anilines is 1. The quantitative estimate of drug-likeness (QED) is 0.316. The normalized spacial score (nSPS) is 10.9. The monoisotopic (exact) mass is 452 g/mol. The Bertz CT molecular complexity index is 1500. The van der Waals surface area contributed by atoms with Crippen LogP contribution < -0.4 is 15.2 Å². The Morgan fingerprint density at radius 3 is 2.35 bits per heavy atom. The summed E-state index contributed by atoms with van der Waals surface area (Å²) in [5, 5.41) is 17.3. The molecule has 0 aliphatic carbocycles. The van der Waals surface area contributed by atoms with Crippen LogP contribution in [-0.4, -0.2) is 33.4 Å². The average Bonchev–Trinajstić information content (AvgIpc) is 3.25. The van der Waals surface area contributed by atoms with Gasteiger partial charge in [0, 0.05) is 11.1 Å². The highest BCUT2D eigenvalue weighted by Crippen LogP contribution is 2.35. The summed E-state index contributed by atoms with van der Waals surface area (Å²) in [5.41, 5.74) is 9.51. The van der Waals surface area contributed by atoms with Crippen molar-refractivity contribution in [3.8, 4) is 39.8 Å². The van der Waals surface area contributed by atoms with Crippen LogP contribution in [0.2, 0.25) is 0 Å². The summed E-state index contributed by atoms with van der Waals surface area (Å²) in [7, 11) is 1.43. The van der Waals surface area contributed by atoms with Crippen molar-refractivity contribution in [2.75, 3.05) is 12.8 Å². The lowest BCUT2D eigenvalue weighted by Crippen LogP contribution is -2.01. The first kappa shape index (κ1) is 21.0. The Morgan fingerprint density at radius 2 is 1.65 bits per heavy atom. The lowest BCUT2D eigenvalue weighted by Gasteiger charge is -2.11. The second-order valence-electron chi connectivity index (χ2n) is 7.55. The van der Waals surface area contributed by atoms with E-state index in [2.05, 4.69) is 10.2 Å². The van der Waals surface area contributed by atoms with Gasteiger partial charge in [0.2, 0.25) is 0 Å². The van der Waals surface area contributed by atoms with Crippen LogP contribution in [0.25, 0.3) is 33.4 Å². The number of carbonyl (C=O) groups is 1. The average molecular weight is 452 g/mol. The van der Waals surface area contributed by atoms with Crippen LogP contribution in [-0.2, 0) is 0 Å². The van der Waals surface area contributed by atoms with Gasteiger partial charge in [-0.15, -0.1) is 0 Å². The van der Waals surface area contributed by atoms with Crippen LogP contribution in [0.4, 0.5) is 5.82 Å². The molecule has 34 heavy (non-hydrogen) atoms. The van der Waals surface area contributed by atoms with Crippen LogP contribution >= 0.6 is 0 Å². The van der Waals surface area contributed by atoms with Crippen LogP contribution in [0.15, 0.2) is 78.9 Å². The fourth-order valence-electron chi connectivity index (χ4n) is 3.77. The number of nitrogens with zero attached hydrogens (tertiary/aromatic N) is 2. The van der Waals surface area contributed by atoms with Gasteiger partial charge in [-0.1, -0.05) is 18.2 Å². The molecule has 2 heterocycles. The van der Waals surface area contributed by atoms with Gasteiger partial charge >= 0.3 is 5.97 Å². The molecule has 3 aromatic carbocycles. The van der Waals surface area contributed by atoms with Gasteiger partial charge in [-0.3, -0.25) is 5.10 Å². The number of fused-ring (bicyclic) bond motifs is 1. The van der Waals surface area contributed by atoms with Gasteiger partial charge in [-0.25, -0.2) is 9.78 Å². The number of pyridine rings is 1. The largest absolute Gasteiger partial charge is 0.496 e. The van der Waals surface area contributed by atoms with Crippen molar-refractivity contribution in [2.24, 2.45) is 0 Å². The van der Waals surface area contributed by atoms with Gasteiger partial charge in [-0.2, -0.15) is 5.10 Å². The van der Waals surface area contributed by atoms with Gasteiger partial charge in [0.1, 0.15) is 22.8 Å². The van der Waals surface area contributed by atoms with E-state index in [-0.39, 0.29) is 11.3 Å². The zero-order valence-electron chi connectivity index (χ0n) is 18.1. The van der Waals surface area contributed by atoms with Crippen LogP contribution in [0.5, 0.6) is 17.2 Å². The first-order valence-electron chi connectivity index (χ1n) is 10.4. The lowest BCUT2D eigenvalue weighted by molar-refractivity contribution is 0.0693. The highest BCUT2D eigenvalue weighted by Gasteiger charge is 2.17. The number of nitrogen functional groups attached to an aromatic ring is 1. The number of aromatic carboxylic acids is 1. The Kier molecular flexibility index (Phi) is 5.31. The number of benzene rings is 3. The minimum Gasteiger partial charge on any atom is -0.496 e. The molecule has 8 nitrogen and oxygen atoms in total. The number of hydrogen-bond donors (Lipinski definition) is 3. The number of carboxylic acid groups (broad SMARTS) is 1. The van der Waals surface area contributed by atoms with Crippen LogP contribution in [0.3, 0.4) is 0 Å². The standard InChI is InChI=1S/C26H20N4O4/c1-33-22-12-9-16(13-19(22)26(31)32)20-14-21-23(25(27)30-29-21)24(28-20)15-7-10-18(11-8-15)34-17-5-3-2-4-6-17/h2-14H,1H3,(H,31,32)(H3,27,29,30). The number of H-pyrrole nitrogens is 1. The Hall–Kier alpha value is -4.85. The number of nitrogens with two attached hydrogens (primary N) is 1. The third kappa shape index (κ3) is 3.88. The number of ether oxygens (including phenoxy) is 2. The highest BCUT2D eigenvalue weighted by molar-refractivity contribution is 6.01. The highest BCUT2D eigenvalue weighted by atomic mass is 16.5. The zero-order chi connectivity index (χ0) is 23.7. The summed E-state index contributed by atoms with van der Waals surface area (Å²) >= 11 is 0. The fourth-order valence-corrected chi connectivity index (χ4v) is 3.77. The predicted molar refractivity (Wildman–Crippen MR) is 129 cm³/mol. The number of rotatable bonds is 6. The number of methoxy groups -OCH3 is 1. The first-order valence-corrected chi connectivity index (χ1v) is 10.4. The molecule has 2 aromatic heterocycles. The number of nitrogens with one attached hydrogen (secondary N) is 1. The van der Waals surface area contributed by atoms with E-state index in [1.807, 2.05) is 54.6 Å². The van der Waals surface area contributed by atoms with Crippen molar-refractivity contribution in [1.82, 2.24) is 15.2 Å². The first-order chi connectivity index (χ1) is 16.5. The van der Waals surface area contributed by atoms with E-state index in [9.17, 15) is 9.90 Å². The third-order valence-electron chi connectivity index (χ3n) is 5.40. The Balaban J connectivity index is 1.59. The van der Waals surface area contributed by atoms with E-state index in [1.54, 1.807) is 18.2 Å². The number of aromatic nitrogens is 3. The smallest absolute Gasteiger partial charge is 0.339 e. The Morgan fingerprint density at radius 1 is 0.941 bits per heavy atom. The number of aromatic amines is 1. The fraction of sp³-hybridized carbons (Fsp3) is 0.0385. The molecule has 4 N–H and O–H groups in total. The number of para-hydroxylation sites is 1. The SMILES string of the molecule is COc1ccc(-c2cc3[nH]nc(N)c3c(-c3ccc(Oc4ccccc4)cc3)n2)cc1C(=O)O. The van der Waals surface area contributed by atoms with Crippen LogP contribution in [0.1, 0.15) is 10.4 Å². The molecule has 0 atom stereocenters. The van der Waals surface area contributed by atoms with Gasteiger partial charge in [0.25, 0.3) is 0 Å². The van der Waals surface area contributed by atoms with Crippen LogP contribution in [0, 0.1) is 0 Å². The molecular formula is C26H20N4O4. The predicted octanol–water partition coefficient (Wildman–Crippen LogP) is 5.37. The molecule has 168 valence electrons. The molecule has 5 rings (SSSR count). The molecule has 0 saturated heterocycles. The lowest BCUT2D eigenvalue weighted by atomic mass is 10.0. The molecule has 8 heteroatoms. The minimum atomic E-state index is -1.08. The van der Waals surface area contributed by atoms with E-state index in [4.69, 9.17) is 20.2 Å². The van der Waals surface area contributed by atoms with Gasteiger partial charge < -0.3 is 20.3 Å². The van der Waals surface area contributed by atoms with Crippen molar-refractivity contribution in [2.45, 2.75) is 0 Å². The molecular weight excluding hydrogens is 432 g/mol. The maximum absolute atomic E-state index is 11.7. The van der Waals surface area contributed by atoms with E-state index in [0.717, 1.165) is 11.3 Å². The third-order valence-corrected chi connectivity index (χ3v) is 5.40. The second kappa shape index (κ2) is 8.59. The second-order valence-corrected chi connectivity index (χ2v) is 7.55. The summed E-state index contributed by atoms with van der Waals surface area (Å²) in [6.07, 6.45) is 0. The molecule has 0 aliphatic rings. The van der Waals surface area contributed by atoms with Crippen molar-refractivity contribution < 1.29 is 19.4 Å². The van der Waals surface area contributed by atoms with Crippen molar-refractivity contribution in [1.29, 1.82) is 0 Å². The summed E-state index contributed by atoms with van der Waals surface area (Å²) in [4.78, 5) is 16.5. The van der Waals surface area contributed by atoms with E-state index >= 15 is 0 Å². The summed E-state index contributed by atoms with van der Waals surface area (Å²) in [6, 6.07) is 23.7. The van der Waals surface area contributed by atoms with E-state index in [1.165, 1.54) is 13.2 Å². The molecule has 0 radical (unpaired) electrons. The van der Waals surface area contributed by atoms with E-state index < -0.39 is 5.97 Å². The topological polar surface area (TPSA) is 123 Å². The van der Waals surface area contributed by atoms with Crippen molar-refractivity contribution >= 4 is 22.7 Å². The molecule has 0 fully saturated rings. The summed E-state index contributed by atoms with van der Waals surface area (Å²) in [6.45, 7) is 0. The molecule has 0 spiro atoms.